The normalized spacial score (nSPS) is 19.8. The van der Waals surface area contributed by atoms with Gasteiger partial charge in [0.2, 0.25) is 0 Å². The molecular formula is C26H34ClN7O3S. The van der Waals surface area contributed by atoms with Crippen LogP contribution in [0, 0.1) is 0 Å². The molecule has 0 bridgehead atoms. The first-order valence-electron chi connectivity index (χ1n) is 12.8. The van der Waals surface area contributed by atoms with Crippen molar-refractivity contribution in [3.8, 4) is 0 Å². The Morgan fingerprint density at radius 1 is 1.08 bits per heavy atom. The zero-order valence-corrected chi connectivity index (χ0v) is 23.3. The Labute approximate surface area is 229 Å². The van der Waals surface area contributed by atoms with Crippen LogP contribution < -0.4 is 5.73 Å². The van der Waals surface area contributed by atoms with E-state index in [0.717, 1.165) is 16.8 Å². The molecular weight excluding hydrogens is 526 g/mol. The highest BCUT2D eigenvalue weighted by molar-refractivity contribution is 7.87. The van der Waals surface area contributed by atoms with Gasteiger partial charge in [-0.15, -0.1) is 4.40 Å². The fraction of sp³-hybridized carbons (Fsp3) is 0.423. The van der Waals surface area contributed by atoms with Gasteiger partial charge in [-0.05, 0) is 43.5 Å². The van der Waals surface area contributed by atoms with Crippen molar-refractivity contribution in [1.82, 2.24) is 14.2 Å². The maximum Gasteiger partial charge on any atom is 0.325 e. The van der Waals surface area contributed by atoms with Crippen LogP contribution in [-0.4, -0.2) is 86.2 Å². The SMILES string of the molecule is CCN(CC)/C(N)=N/C(=N\S(=O)(=O)N1CCOCC1)N1CCC(c2ccccc2)C(c2ccc(Cl)cc2)=N1. The van der Waals surface area contributed by atoms with Gasteiger partial charge in [0, 0.05) is 43.7 Å². The van der Waals surface area contributed by atoms with Gasteiger partial charge in [0.15, 0.2) is 5.96 Å². The third kappa shape index (κ3) is 6.71. The van der Waals surface area contributed by atoms with E-state index in [0.29, 0.717) is 44.3 Å². The highest BCUT2D eigenvalue weighted by atomic mass is 35.5. The van der Waals surface area contributed by atoms with E-state index >= 15 is 0 Å². The largest absolute Gasteiger partial charge is 0.379 e. The maximum absolute atomic E-state index is 13.3. The van der Waals surface area contributed by atoms with Gasteiger partial charge < -0.3 is 15.4 Å². The number of ether oxygens (including phenoxy) is 1. The minimum Gasteiger partial charge on any atom is -0.379 e. The van der Waals surface area contributed by atoms with Crippen molar-refractivity contribution in [2.75, 3.05) is 45.9 Å². The van der Waals surface area contributed by atoms with Crippen LogP contribution in [-0.2, 0) is 14.9 Å². The highest BCUT2D eigenvalue weighted by Crippen LogP contribution is 2.30. The van der Waals surface area contributed by atoms with Crippen molar-refractivity contribution >= 4 is 39.4 Å². The standard InChI is InChI=1S/C26H34ClN7O3S/c1-3-32(4-2)25(28)29-26(31-38(35,36)33-16-18-37-19-17-33)34-15-14-23(20-8-6-5-7-9-20)24(30-34)21-10-12-22(27)13-11-21/h5-13,23H,3-4,14-19H2,1-2H3,(H2,28,29,31). The lowest BCUT2D eigenvalue weighted by atomic mass is 9.86. The average molecular weight is 560 g/mol. The molecule has 2 aromatic carbocycles. The summed E-state index contributed by atoms with van der Waals surface area (Å²) in [4.78, 5) is 6.32. The van der Waals surface area contributed by atoms with Crippen LogP contribution in [0.4, 0.5) is 0 Å². The van der Waals surface area contributed by atoms with Crippen molar-refractivity contribution in [1.29, 1.82) is 0 Å². The van der Waals surface area contributed by atoms with E-state index in [9.17, 15) is 8.42 Å². The van der Waals surface area contributed by atoms with Gasteiger partial charge in [0.1, 0.15) is 0 Å². The Hall–Kier alpha value is -2.99. The molecule has 12 heteroatoms. The summed E-state index contributed by atoms with van der Waals surface area (Å²) in [7, 11) is -4.04. The fourth-order valence-electron chi connectivity index (χ4n) is 4.46. The number of benzene rings is 2. The number of nitrogens with zero attached hydrogens (tertiary/aromatic N) is 6. The summed E-state index contributed by atoms with van der Waals surface area (Å²) in [6, 6.07) is 17.6. The molecule has 0 aromatic heterocycles. The summed E-state index contributed by atoms with van der Waals surface area (Å²) in [5.41, 5.74) is 9.07. The number of nitrogens with two attached hydrogens (primary N) is 1. The molecule has 4 rings (SSSR count). The molecule has 1 unspecified atom stereocenters. The Morgan fingerprint density at radius 2 is 1.74 bits per heavy atom. The molecule has 2 heterocycles. The Morgan fingerprint density at radius 3 is 2.37 bits per heavy atom. The molecule has 1 fully saturated rings. The van der Waals surface area contributed by atoms with Crippen LogP contribution in [0.3, 0.4) is 0 Å². The number of halogens is 1. The van der Waals surface area contributed by atoms with E-state index in [-0.39, 0.29) is 30.9 Å². The summed E-state index contributed by atoms with van der Waals surface area (Å²) < 4.78 is 37.3. The molecule has 0 saturated carbocycles. The van der Waals surface area contributed by atoms with E-state index in [1.165, 1.54) is 9.31 Å². The first kappa shape index (κ1) is 28.0. The number of hydrogen-bond acceptors (Lipinski definition) is 4. The summed E-state index contributed by atoms with van der Waals surface area (Å²) in [5.74, 6) is 0.105. The number of hydrogen-bond donors (Lipinski definition) is 1. The molecule has 1 atom stereocenters. The van der Waals surface area contributed by atoms with Crippen LogP contribution in [0.1, 0.15) is 37.3 Å². The Bertz CT molecular complexity index is 1270. The molecule has 10 nitrogen and oxygen atoms in total. The first-order valence-corrected chi connectivity index (χ1v) is 14.5. The predicted molar refractivity (Wildman–Crippen MR) is 152 cm³/mol. The second-order valence-corrected chi connectivity index (χ2v) is 10.9. The van der Waals surface area contributed by atoms with Crippen molar-refractivity contribution in [3.63, 3.8) is 0 Å². The van der Waals surface area contributed by atoms with Crippen molar-refractivity contribution in [3.05, 3.63) is 70.7 Å². The van der Waals surface area contributed by atoms with Gasteiger partial charge in [0.25, 0.3) is 5.96 Å². The molecule has 204 valence electrons. The first-order chi connectivity index (χ1) is 18.3. The molecule has 2 N–H and O–H groups in total. The van der Waals surface area contributed by atoms with Gasteiger partial charge in [-0.25, -0.2) is 5.01 Å². The number of guanidine groups is 2. The topological polar surface area (TPSA) is 116 Å². The zero-order valence-electron chi connectivity index (χ0n) is 21.7. The van der Waals surface area contributed by atoms with Gasteiger partial charge >= 0.3 is 10.2 Å². The number of rotatable bonds is 6. The van der Waals surface area contributed by atoms with E-state index in [4.69, 9.17) is 27.2 Å². The van der Waals surface area contributed by atoms with Crippen LogP contribution in [0.2, 0.25) is 5.02 Å². The summed E-state index contributed by atoms with van der Waals surface area (Å²) >= 11 is 6.16. The van der Waals surface area contributed by atoms with Crippen molar-refractivity contribution in [2.24, 2.45) is 20.2 Å². The lowest BCUT2D eigenvalue weighted by molar-refractivity contribution is 0.0730. The molecule has 2 aliphatic heterocycles. The minimum absolute atomic E-state index is 0.00478. The lowest BCUT2D eigenvalue weighted by Gasteiger charge is -2.31. The van der Waals surface area contributed by atoms with E-state index in [1.807, 2.05) is 61.2 Å². The molecule has 0 aliphatic carbocycles. The molecule has 0 amide bonds. The highest BCUT2D eigenvalue weighted by Gasteiger charge is 2.31. The second-order valence-electron chi connectivity index (χ2n) is 8.89. The van der Waals surface area contributed by atoms with Crippen LogP contribution in [0.15, 0.2) is 69.1 Å². The molecule has 0 spiro atoms. The number of morpholine rings is 1. The number of aliphatic imine (C=N–C) groups is 1. The molecule has 0 radical (unpaired) electrons. The zero-order chi connectivity index (χ0) is 27.1. The van der Waals surface area contributed by atoms with E-state index in [1.54, 1.807) is 0 Å². The fourth-order valence-corrected chi connectivity index (χ4v) is 5.65. The van der Waals surface area contributed by atoms with E-state index in [2.05, 4.69) is 21.5 Å². The summed E-state index contributed by atoms with van der Waals surface area (Å²) in [6.45, 7) is 6.63. The smallest absolute Gasteiger partial charge is 0.325 e. The molecule has 1 saturated heterocycles. The number of hydrazone groups is 1. The van der Waals surface area contributed by atoms with Gasteiger partial charge in [-0.3, -0.25) is 0 Å². The maximum atomic E-state index is 13.3. The Kier molecular flexibility index (Phi) is 9.37. The summed E-state index contributed by atoms with van der Waals surface area (Å²) in [5, 5.41) is 7.08. The van der Waals surface area contributed by atoms with Crippen LogP contribution in [0.5, 0.6) is 0 Å². The van der Waals surface area contributed by atoms with E-state index < -0.39 is 10.2 Å². The van der Waals surface area contributed by atoms with Gasteiger partial charge in [-0.1, -0.05) is 54.1 Å². The quantitative estimate of drug-likeness (QED) is 0.429. The monoisotopic (exact) mass is 559 g/mol. The molecule has 38 heavy (non-hydrogen) atoms. The third-order valence-corrected chi connectivity index (χ3v) is 8.22. The van der Waals surface area contributed by atoms with Crippen LogP contribution >= 0.6 is 11.6 Å². The minimum atomic E-state index is -4.04. The van der Waals surface area contributed by atoms with Crippen molar-refractivity contribution < 1.29 is 13.2 Å². The average Bonchev–Trinajstić information content (AvgIpc) is 2.94. The molecule has 2 aromatic rings. The summed E-state index contributed by atoms with van der Waals surface area (Å²) in [6.07, 6.45) is 0.669. The molecule has 2 aliphatic rings. The predicted octanol–water partition coefficient (Wildman–Crippen LogP) is 3.12. The third-order valence-electron chi connectivity index (χ3n) is 6.56. The van der Waals surface area contributed by atoms with Crippen LogP contribution in [0.25, 0.3) is 0 Å². The van der Waals surface area contributed by atoms with Crippen molar-refractivity contribution in [2.45, 2.75) is 26.2 Å². The Balaban J connectivity index is 1.81. The van der Waals surface area contributed by atoms with Gasteiger partial charge in [0.05, 0.1) is 18.9 Å². The lowest BCUT2D eigenvalue weighted by Crippen LogP contribution is -2.43. The second kappa shape index (κ2) is 12.7. The van der Waals surface area contributed by atoms with Gasteiger partial charge in [-0.2, -0.15) is 22.8 Å².